The van der Waals surface area contributed by atoms with E-state index in [9.17, 15) is 0 Å². The lowest BCUT2D eigenvalue weighted by Gasteiger charge is -2.13. The van der Waals surface area contributed by atoms with E-state index in [2.05, 4.69) is 43.4 Å². The van der Waals surface area contributed by atoms with Gasteiger partial charge in [0.25, 0.3) is 0 Å². The normalized spacial score (nSPS) is 21.9. The van der Waals surface area contributed by atoms with Gasteiger partial charge in [-0.2, -0.15) is 0 Å². The van der Waals surface area contributed by atoms with Crippen LogP contribution in [-0.4, -0.2) is 0 Å². The molecule has 0 fully saturated rings. The molecule has 0 nitrogen and oxygen atoms in total. The first-order valence-corrected chi connectivity index (χ1v) is 5.06. The minimum atomic E-state index is 0.723. The van der Waals surface area contributed by atoms with Crippen molar-refractivity contribution < 1.29 is 0 Å². The molecule has 1 atom stereocenters. The van der Waals surface area contributed by atoms with Gasteiger partial charge in [0.05, 0.1) is 0 Å². The highest BCUT2D eigenvalue weighted by Crippen LogP contribution is 2.28. The van der Waals surface area contributed by atoms with Crippen molar-refractivity contribution in [3.63, 3.8) is 0 Å². The van der Waals surface area contributed by atoms with Gasteiger partial charge in [0.2, 0.25) is 0 Å². The zero-order valence-electron chi connectivity index (χ0n) is 8.16. The van der Waals surface area contributed by atoms with E-state index >= 15 is 0 Å². The molecule has 0 aromatic carbocycles. The summed E-state index contributed by atoms with van der Waals surface area (Å²) in [6, 6.07) is 0. The van der Waals surface area contributed by atoms with Crippen LogP contribution >= 0.6 is 0 Å². The molecule has 0 spiro atoms. The Morgan fingerprint density at radius 2 is 1.92 bits per heavy atom. The second-order valence-corrected chi connectivity index (χ2v) is 3.94. The van der Waals surface area contributed by atoms with Crippen LogP contribution in [-0.2, 0) is 0 Å². The number of hydrogen-bond acceptors (Lipinski definition) is 0. The highest BCUT2D eigenvalue weighted by molar-refractivity contribution is 5.28. The van der Waals surface area contributed by atoms with E-state index in [1.54, 1.807) is 11.1 Å². The van der Waals surface area contributed by atoms with E-state index < -0.39 is 0 Å². The summed E-state index contributed by atoms with van der Waals surface area (Å²) in [4.78, 5) is 0. The van der Waals surface area contributed by atoms with Gasteiger partial charge in [0.1, 0.15) is 0 Å². The minimum Gasteiger partial charge on any atom is -0.0805 e. The minimum absolute atomic E-state index is 0.723. The molecule has 0 saturated carbocycles. The Labute approximate surface area is 80.3 Å². The molecule has 0 radical (unpaired) electrons. The van der Waals surface area contributed by atoms with Crippen molar-refractivity contribution in [1.29, 1.82) is 0 Å². The van der Waals surface area contributed by atoms with Gasteiger partial charge in [-0.15, -0.1) is 0 Å². The second-order valence-electron chi connectivity index (χ2n) is 3.94. The summed E-state index contributed by atoms with van der Waals surface area (Å²) in [6.07, 6.45) is 16.9. The van der Waals surface area contributed by atoms with Crippen LogP contribution in [0.4, 0.5) is 0 Å². The Hall–Kier alpha value is -1.04. The molecule has 0 heterocycles. The summed E-state index contributed by atoms with van der Waals surface area (Å²) in [5.74, 6) is 0.723. The zero-order chi connectivity index (χ0) is 9.10. The third-order valence-corrected chi connectivity index (χ3v) is 2.85. The fourth-order valence-corrected chi connectivity index (χ4v) is 2.00. The molecule has 13 heavy (non-hydrogen) atoms. The first kappa shape index (κ1) is 8.55. The molecule has 0 aliphatic heterocycles. The number of allylic oxidation sites excluding steroid dienone is 8. The van der Waals surface area contributed by atoms with Crippen LogP contribution in [0.15, 0.2) is 47.6 Å². The van der Waals surface area contributed by atoms with Gasteiger partial charge in [-0.3, -0.25) is 0 Å². The predicted octanol–water partition coefficient (Wildman–Crippen LogP) is 3.79. The molecule has 0 aromatic heterocycles. The van der Waals surface area contributed by atoms with Gasteiger partial charge in [-0.05, 0) is 25.2 Å². The van der Waals surface area contributed by atoms with E-state index in [4.69, 9.17) is 0 Å². The number of rotatable bonds is 3. The summed E-state index contributed by atoms with van der Waals surface area (Å²) < 4.78 is 0. The van der Waals surface area contributed by atoms with Crippen LogP contribution < -0.4 is 0 Å². The predicted molar refractivity (Wildman–Crippen MR) is 57.5 cm³/mol. The van der Waals surface area contributed by atoms with Crippen LogP contribution in [0.1, 0.15) is 26.2 Å². The second kappa shape index (κ2) is 3.78. The molecule has 2 rings (SSSR count). The molecule has 0 heteroatoms. The summed E-state index contributed by atoms with van der Waals surface area (Å²) in [7, 11) is 0. The van der Waals surface area contributed by atoms with Crippen LogP contribution in [0, 0.1) is 5.92 Å². The third kappa shape index (κ3) is 2.00. The van der Waals surface area contributed by atoms with Crippen LogP contribution in [0.5, 0.6) is 0 Å². The van der Waals surface area contributed by atoms with E-state index in [-0.39, 0.29) is 0 Å². The highest BCUT2D eigenvalue weighted by atomic mass is 14.2. The van der Waals surface area contributed by atoms with Crippen molar-refractivity contribution in [3.8, 4) is 0 Å². The highest BCUT2D eigenvalue weighted by Gasteiger charge is 2.11. The Morgan fingerprint density at radius 1 is 1.15 bits per heavy atom. The quantitative estimate of drug-likeness (QED) is 0.607. The summed E-state index contributed by atoms with van der Waals surface area (Å²) in [6.45, 7) is 2.33. The third-order valence-electron chi connectivity index (χ3n) is 2.85. The Bertz CT molecular complexity index is 300. The topological polar surface area (TPSA) is 0 Å². The summed E-state index contributed by atoms with van der Waals surface area (Å²) in [5.41, 5.74) is 3.17. The van der Waals surface area contributed by atoms with Crippen molar-refractivity contribution in [3.05, 3.63) is 47.6 Å². The van der Waals surface area contributed by atoms with Gasteiger partial charge in [0, 0.05) is 0 Å². The fourth-order valence-electron chi connectivity index (χ4n) is 2.00. The number of hydrogen-bond donors (Lipinski definition) is 0. The molecule has 2 aliphatic carbocycles. The average Bonchev–Trinajstić information content (AvgIpc) is 2.74. The zero-order valence-corrected chi connectivity index (χ0v) is 8.16. The van der Waals surface area contributed by atoms with Gasteiger partial charge >= 0.3 is 0 Å². The Morgan fingerprint density at radius 3 is 2.54 bits per heavy atom. The smallest absolute Gasteiger partial charge is 0.0130 e. The lowest BCUT2D eigenvalue weighted by Crippen LogP contribution is -1.98. The van der Waals surface area contributed by atoms with E-state index in [1.165, 1.54) is 19.3 Å². The van der Waals surface area contributed by atoms with Crippen LogP contribution in [0.25, 0.3) is 0 Å². The summed E-state index contributed by atoms with van der Waals surface area (Å²) in [5, 5.41) is 0. The molecule has 2 aliphatic rings. The molecule has 0 amide bonds. The van der Waals surface area contributed by atoms with Gasteiger partial charge in [-0.1, -0.05) is 54.5 Å². The average molecular weight is 172 g/mol. The SMILES string of the molecule is CC(CC1=CC=CC1)C1=CC=CC1. The maximum Gasteiger partial charge on any atom is -0.0130 e. The van der Waals surface area contributed by atoms with Gasteiger partial charge < -0.3 is 0 Å². The van der Waals surface area contributed by atoms with Crippen molar-refractivity contribution in [1.82, 2.24) is 0 Å². The molecule has 0 aromatic rings. The Balaban J connectivity index is 1.88. The maximum atomic E-state index is 2.33. The standard InChI is InChI=1S/C13H16/c1-11(13-8-4-5-9-13)10-12-6-2-3-7-12/h2-6,8,11H,7,9-10H2,1H3. The van der Waals surface area contributed by atoms with Crippen molar-refractivity contribution in [2.24, 2.45) is 5.92 Å². The lowest BCUT2D eigenvalue weighted by molar-refractivity contribution is 0.656. The molecule has 0 N–H and O–H groups in total. The van der Waals surface area contributed by atoms with Gasteiger partial charge in [-0.25, -0.2) is 0 Å². The molecule has 0 bridgehead atoms. The first-order chi connectivity index (χ1) is 6.36. The van der Waals surface area contributed by atoms with E-state index in [0.717, 1.165) is 5.92 Å². The van der Waals surface area contributed by atoms with Crippen molar-refractivity contribution >= 4 is 0 Å². The van der Waals surface area contributed by atoms with E-state index in [0.29, 0.717) is 0 Å². The molecule has 1 unspecified atom stereocenters. The van der Waals surface area contributed by atoms with Crippen LogP contribution in [0.2, 0.25) is 0 Å². The lowest BCUT2D eigenvalue weighted by atomic mass is 9.92. The van der Waals surface area contributed by atoms with Gasteiger partial charge in [0.15, 0.2) is 0 Å². The molecular formula is C13H16. The summed E-state index contributed by atoms with van der Waals surface area (Å²) >= 11 is 0. The molecule has 68 valence electrons. The first-order valence-electron chi connectivity index (χ1n) is 5.06. The largest absolute Gasteiger partial charge is 0.0805 e. The van der Waals surface area contributed by atoms with Crippen LogP contribution in [0.3, 0.4) is 0 Å². The monoisotopic (exact) mass is 172 g/mol. The molecule has 0 saturated heterocycles. The van der Waals surface area contributed by atoms with E-state index in [1.807, 2.05) is 0 Å². The Kier molecular flexibility index (Phi) is 2.49. The molecular weight excluding hydrogens is 156 g/mol. The van der Waals surface area contributed by atoms with Crippen molar-refractivity contribution in [2.45, 2.75) is 26.2 Å². The van der Waals surface area contributed by atoms with Crippen molar-refractivity contribution in [2.75, 3.05) is 0 Å². The maximum absolute atomic E-state index is 2.33. The fraction of sp³-hybridized carbons (Fsp3) is 0.385.